The lowest BCUT2D eigenvalue weighted by molar-refractivity contribution is 0.0972. The summed E-state index contributed by atoms with van der Waals surface area (Å²) in [5, 5.41) is 8.52. The van der Waals surface area contributed by atoms with Crippen molar-refractivity contribution < 1.29 is 18.3 Å². The van der Waals surface area contributed by atoms with Gasteiger partial charge in [-0.3, -0.25) is 4.90 Å². The highest BCUT2D eigenvalue weighted by atomic mass is 19.3. The van der Waals surface area contributed by atoms with Crippen LogP contribution in [0.3, 0.4) is 0 Å². The summed E-state index contributed by atoms with van der Waals surface area (Å²) in [6.07, 6.45) is 1.43. The first-order chi connectivity index (χ1) is 21.8. The molecule has 5 heterocycles. The van der Waals surface area contributed by atoms with Crippen LogP contribution in [0.2, 0.25) is 0 Å². The number of aryl methyl sites for hydroxylation is 1. The van der Waals surface area contributed by atoms with E-state index in [4.69, 9.17) is 19.4 Å². The third kappa shape index (κ3) is 5.39. The predicted molar refractivity (Wildman–Crippen MR) is 167 cm³/mol. The van der Waals surface area contributed by atoms with E-state index < -0.39 is 6.43 Å². The van der Waals surface area contributed by atoms with Crippen molar-refractivity contribution in [1.82, 2.24) is 34.0 Å². The third-order valence-corrected chi connectivity index (χ3v) is 9.29. The molecule has 2 saturated heterocycles. The van der Waals surface area contributed by atoms with Gasteiger partial charge in [0.25, 0.3) is 12.2 Å². The van der Waals surface area contributed by atoms with E-state index in [9.17, 15) is 8.78 Å². The molecule has 2 aliphatic rings. The topological polar surface area (TPSA) is 85.8 Å². The number of hydrogen-bond acceptors (Lipinski definition) is 8. The molecule has 0 aliphatic carbocycles. The van der Waals surface area contributed by atoms with Crippen LogP contribution in [0.15, 0.2) is 54.9 Å². The third-order valence-electron chi connectivity index (χ3n) is 9.29. The molecule has 4 atom stereocenters. The maximum Gasteiger partial charge on any atom is 0.263 e. The Kier molecular flexibility index (Phi) is 7.86. The van der Waals surface area contributed by atoms with E-state index in [0.717, 1.165) is 59.1 Å². The van der Waals surface area contributed by atoms with Crippen molar-refractivity contribution in [2.24, 2.45) is 0 Å². The summed E-state index contributed by atoms with van der Waals surface area (Å²) in [4.78, 5) is 14.8. The minimum atomic E-state index is -2.51. The molecular weight excluding hydrogens is 578 g/mol. The minimum absolute atomic E-state index is 0.0201. The van der Waals surface area contributed by atoms with Gasteiger partial charge < -0.3 is 18.9 Å². The number of rotatable bonds is 8. The van der Waals surface area contributed by atoms with Gasteiger partial charge in [0, 0.05) is 37.3 Å². The van der Waals surface area contributed by atoms with Gasteiger partial charge in [-0.05, 0) is 56.9 Å². The van der Waals surface area contributed by atoms with Gasteiger partial charge in [-0.15, -0.1) is 10.2 Å². The number of aromatic nitrogens is 6. The fourth-order valence-electron chi connectivity index (χ4n) is 6.95. The molecule has 7 rings (SSSR count). The molecular formula is C33H38F2N8O2. The lowest BCUT2D eigenvalue weighted by atomic mass is 9.93. The smallest absolute Gasteiger partial charge is 0.263 e. The number of piperazine rings is 1. The quantitative estimate of drug-likeness (QED) is 0.223. The number of ether oxygens (including phenoxy) is 2. The number of hydrogen-bond donors (Lipinski definition) is 0. The molecule has 3 aromatic heterocycles. The average molecular weight is 617 g/mol. The average Bonchev–Trinajstić information content (AvgIpc) is 3.80. The van der Waals surface area contributed by atoms with Crippen molar-refractivity contribution in [2.45, 2.75) is 70.8 Å². The molecule has 12 heteroatoms. The van der Waals surface area contributed by atoms with E-state index in [0.29, 0.717) is 25.4 Å². The fourth-order valence-corrected chi connectivity index (χ4v) is 6.95. The molecule has 0 bridgehead atoms. The maximum absolute atomic E-state index is 13.4. The zero-order valence-corrected chi connectivity index (χ0v) is 26.0. The number of methoxy groups -OCH3 is 1. The van der Waals surface area contributed by atoms with Gasteiger partial charge in [0.2, 0.25) is 0 Å². The number of benzene rings is 2. The summed E-state index contributed by atoms with van der Waals surface area (Å²) < 4.78 is 42.4. The highest BCUT2D eigenvalue weighted by molar-refractivity contribution is 5.87. The Morgan fingerprint density at radius 1 is 0.956 bits per heavy atom. The Bertz CT molecular complexity index is 1780. The lowest BCUT2D eigenvalue weighted by Gasteiger charge is -2.48. The molecule has 1 unspecified atom stereocenters. The predicted octanol–water partition coefficient (Wildman–Crippen LogP) is 5.60. The van der Waals surface area contributed by atoms with Crippen molar-refractivity contribution in [1.29, 1.82) is 0 Å². The summed E-state index contributed by atoms with van der Waals surface area (Å²) in [6, 6.07) is 14.7. The van der Waals surface area contributed by atoms with Gasteiger partial charge in [-0.1, -0.05) is 36.4 Å². The van der Waals surface area contributed by atoms with Gasteiger partial charge >= 0.3 is 0 Å². The Labute approximate surface area is 260 Å². The molecule has 2 fully saturated rings. The second kappa shape index (κ2) is 12.0. The number of imidazole rings is 1. The number of halogens is 2. The number of anilines is 1. The molecule has 0 N–H and O–H groups in total. The van der Waals surface area contributed by atoms with Crippen molar-refractivity contribution in [3.63, 3.8) is 0 Å². The van der Waals surface area contributed by atoms with Crippen LogP contribution < -0.4 is 9.64 Å². The van der Waals surface area contributed by atoms with Crippen LogP contribution in [0.4, 0.5) is 14.6 Å². The van der Waals surface area contributed by atoms with E-state index in [1.807, 2.05) is 35.6 Å². The second-order valence-corrected chi connectivity index (χ2v) is 12.2. The SMILES string of the molecule is COc1ccc(C(c2ccc(C(F)F)cc2)N2C[C@H](C)N(c3nc4nncn4c4c3nc(C)n4C[C@@H]3CCCO3)C[C@H]2C)cc1. The molecule has 0 radical (unpaired) electrons. The Morgan fingerprint density at radius 2 is 1.67 bits per heavy atom. The first-order valence-corrected chi connectivity index (χ1v) is 15.5. The number of nitrogens with zero attached hydrogens (tertiary/aromatic N) is 8. The molecule has 2 aromatic carbocycles. The zero-order valence-electron chi connectivity index (χ0n) is 26.0. The zero-order chi connectivity index (χ0) is 31.2. The maximum atomic E-state index is 13.4. The van der Waals surface area contributed by atoms with E-state index in [1.54, 1.807) is 13.4 Å². The summed E-state index contributed by atoms with van der Waals surface area (Å²) in [7, 11) is 1.65. The number of fused-ring (bicyclic) bond motifs is 3. The van der Waals surface area contributed by atoms with E-state index in [-0.39, 0.29) is 29.8 Å². The monoisotopic (exact) mass is 616 g/mol. The molecule has 0 amide bonds. The van der Waals surface area contributed by atoms with E-state index in [1.165, 1.54) is 12.1 Å². The van der Waals surface area contributed by atoms with Crippen LogP contribution in [0.1, 0.15) is 61.7 Å². The van der Waals surface area contributed by atoms with Gasteiger partial charge in [0.15, 0.2) is 11.5 Å². The van der Waals surface area contributed by atoms with Crippen molar-refractivity contribution in [3.8, 4) is 5.75 Å². The molecule has 0 saturated carbocycles. The minimum Gasteiger partial charge on any atom is -0.497 e. The Morgan fingerprint density at radius 3 is 2.33 bits per heavy atom. The fraction of sp³-hybridized carbons (Fsp3) is 0.455. The Hall–Kier alpha value is -4.16. The summed E-state index contributed by atoms with van der Waals surface area (Å²) >= 11 is 0. The van der Waals surface area contributed by atoms with Crippen LogP contribution in [0.25, 0.3) is 16.9 Å². The van der Waals surface area contributed by atoms with Crippen LogP contribution >= 0.6 is 0 Å². The second-order valence-electron chi connectivity index (χ2n) is 12.2. The van der Waals surface area contributed by atoms with Gasteiger partial charge in [-0.25, -0.2) is 18.2 Å². The van der Waals surface area contributed by atoms with Crippen molar-refractivity contribution in [2.75, 3.05) is 31.7 Å². The highest BCUT2D eigenvalue weighted by Crippen LogP contribution is 2.37. The Balaban J connectivity index is 1.25. The molecule has 45 heavy (non-hydrogen) atoms. The summed E-state index contributed by atoms with van der Waals surface area (Å²) in [5.41, 5.74) is 3.80. The van der Waals surface area contributed by atoms with Crippen LogP contribution in [-0.4, -0.2) is 79.0 Å². The standard InChI is InChI=1S/C33H38F2N8O2/c1-20-17-41(31-28-32(43-19-36-39-33(43)38-31)42(22(3)37-28)18-27-6-5-15-45-27)21(2)16-40(20)29(24-11-13-26(44-4)14-12-24)23-7-9-25(10-8-23)30(34)35/h7-14,19-21,27,29-30H,5-6,15-18H2,1-4H3/t20-,21+,27+,29?/m1/s1. The first kappa shape index (κ1) is 29.5. The summed E-state index contributed by atoms with van der Waals surface area (Å²) in [5.74, 6) is 2.99. The van der Waals surface area contributed by atoms with Crippen LogP contribution in [0, 0.1) is 6.92 Å². The van der Waals surface area contributed by atoms with Gasteiger partial charge in [-0.2, -0.15) is 4.98 Å². The van der Waals surface area contributed by atoms with Crippen molar-refractivity contribution >= 4 is 22.8 Å². The van der Waals surface area contributed by atoms with Crippen LogP contribution in [0.5, 0.6) is 5.75 Å². The molecule has 10 nitrogen and oxygen atoms in total. The summed E-state index contributed by atoms with van der Waals surface area (Å²) in [6.45, 7) is 9.33. The molecule has 2 aliphatic heterocycles. The largest absolute Gasteiger partial charge is 0.497 e. The van der Waals surface area contributed by atoms with E-state index in [2.05, 4.69) is 50.5 Å². The van der Waals surface area contributed by atoms with Gasteiger partial charge in [0.05, 0.1) is 25.8 Å². The molecule has 236 valence electrons. The molecule has 5 aromatic rings. The van der Waals surface area contributed by atoms with Gasteiger partial charge in [0.1, 0.15) is 23.4 Å². The number of alkyl halides is 2. The van der Waals surface area contributed by atoms with E-state index >= 15 is 0 Å². The normalized spacial score (nSPS) is 21.8. The molecule has 0 spiro atoms. The lowest BCUT2D eigenvalue weighted by Crippen LogP contribution is -2.57. The van der Waals surface area contributed by atoms with Crippen molar-refractivity contribution in [3.05, 3.63) is 77.4 Å². The van der Waals surface area contributed by atoms with Crippen LogP contribution in [-0.2, 0) is 11.3 Å². The highest BCUT2D eigenvalue weighted by Gasteiger charge is 2.37. The first-order valence-electron chi connectivity index (χ1n) is 15.5.